The van der Waals surface area contributed by atoms with Gasteiger partial charge in [-0.05, 0) is 48.1 Å². The second-order valence-electron chi connectivity index (χ2n) is 10.8. The number of halogens is 1. The van der Waals surface area contributed by atoms with Crippen molar-refractivity contribution in [2.75, 3.05) is 18.0 Å². The Morgan fingerprint density at radius 1 is 1.12 bits per heavy atom. The summed E-state index contributed by atoms with van der Waals surface area (Å²) in [5.74, 6) is -2.59. The minimum atomic E-state index is -0.955. The number of carbonyl (C=O) groups excluding carboxylic acids is 4. The Morgan fingerprint density at radius 3 is 2.62 bits per heavy atom. The maximum Gasteiger partial charge on any atom is 0.252 e. The molecule has 0 saturated carbocycles. The Bertz CT molecular complexity index is 1310. The number of nitrogens with one attached hydrogen (secondary N) is 6. The van der Waals surface area contributed by atoms with Crippen molar-refractivity contribution < 1.29 is 23.6 Å². The van der Waals surface area contributed by atoms with Crippen molar-refractivity contribution in [2.24, 2.45) is 5.92 Å². The molecular formula is C28H34FN7O4. The molecule has 1 fully saturated rings. The molecule has 11 nitrogen and oxygen atoms in total. The summed E-state index contributed by atoms with van der Waals surface area (Å²) in [5.41, 5.74) is 11.4. The summed E-state index contributed by atoms with van der Waals surface area (Å²) < 4.78 is 13.6. The van der Waals surface area contributed by atoms with Gasteiger partial charge in [0, 0.05) is 25.1 Å². The van der Waals surface area contributed by atoms with E-state index < -0.39 is 35.8 Å². The zero-order valence-electron chi connectivity index (χ0n) is 22.4. The van der Waals surface area contributed by atoms with Gasteiger partial charge in [0.05, 0.1) is 11.7 Å². The molecule has 1 saturated heterocycles. The van der Waals surface area contributed by atoms with Gasteiger partial charge < -0.3 is 16.0 Å². The first-order valence-corrected chi connectivity index (χ1v) is 13.5. The Balaban J connectivity index is 1.32. The van der Waals surface area contributed by atoms with E-state index in [0.717, 1.165) is 22.9 Å². The highest BCUT2D eigenvalue weighted by atomic mass is 19.1. The van der Waals surface area contributed by atoms with Crippen molar-refractivity contribution in [3.63, 3.8) is 0 Å². The van der Waals surface area contributed by atoms with Gasteiger partial charge in [-0.1, -0.05) is 38.1 Å². The number of rotatable bonds is 8. The van der Waals surface area contributed by atoms with E-state index in [2.05, 4.69) is 32.3 Å². The molecule has 3 heterocycles. The Hall–Kier alpha value is -3.87. The summed E-state index contributed by atoms with van der Waals surface area (Å²) in [7, 11) is 0. The first-order valence-electron chi connectivity index (χ1n) is 13.5. The number of anilines is 1. The van der Waals surface area contributed by atoms with Crippen LogP contribution in [0.3, 0.4) is 0 Å². The van der Waals surface area contributed by atoms with Crippen LogP contribution in [0, 0.1) is 11.7 Å². The van der Waals surface area contributed by atoms with E-state index in [9.17, 15) is 23.6 Å². The molecule has 3 aliphatic heterocycles. The third-order valence-electron chi connectivity index (χ3n) is 7.58. The van der Waals surface area contributed by atoms with Crippen LogP contribution < -0.4 is 37.2 Å². The number of amides is 4. The van der Waals surface area contributed by atoms with E-state index in [1.54, 1.807) is 13.8 Å². The van der Waals surface area contributed by atoms with E-state index in [1.165, 1.54) is 23.1 Å². The number of hydrogen-bond donors (Lipinski definition) is 6. The lowest BCUT2D eigenvalue weighted by atomic mass is 9.99. The van der Waals surface area contributed by atoms with Crippen molar-refractivity contribution in [2.45, 2.75) is 57.3 Å². The molecule has 40 heavy (non-hydrogen) atoms. The summed E-state index contributed by atoms with van der Waals surface area (Å²) in [5, 5.41) is 8.46. The fraction of sp³-hybridized carbons (Fsp3) is 0.429. The highest BCUT2D eigenvalue weighted by Crippen LogP contribution is 2.39. The van der Waals surface area contributed by atoms with E-state index in [-0.39, 0.29) is 29.3 Å². The first-order chi connectivity index (χ1) is 19.2. The highest BCUT2D eigenvalue weighted by molar-refractivity contribution is 6.08. The van der Waals surface area contributed by atoms with E-state index in [4.69, 9.17) is 0 Å². The molecule has 3 aliphatic rings. The van der Waals surface area contributed by atoms with Crippen LogP contribution in [0.2, 0.25) is 0 Å². The molecule has 0 radical (unpaired) electrons. The molecule has 1 unspecified atom stereocenters. The smallest absolute Gasteiger partial charge is 0.252 e. The van der Waals surface area contributed by atoms with E-state index in [0.29, 0.717) is 32.4 Å². The summed E-state index contributed by atoms with van der Waals surface area (Å²) in [6, 6.07) is 8.43. The molecule has 2 aromatic rings. The predicted octanol–water partition coefficient (Wildman–Crippen LogP) is 0.0662. The largest absolute Gasteiger partial charge is 0.353 e. The van der Waals surface area contributed by atoms with Crippen molar-refractivity contribution in [3.05, 3.63) is 65.0 Å². The van der Waals surface area contributed by atoms with Gasteiger partial charge in [0.2, 0.25) is 17.7 Å². The number of carbonyl (C=O) groups is 4. The van der Waals surface area contributed by atoms with Crippen molar-refractivity contribution in [1.82, 2.24) is 32.3 Å². The van der Waals surface area contributed by atoms with Gasteiger partial charge in [-0.25, -0.2) is 15.2 Å². The SMILES string of the molecule is CC(C)[C@H](NC(=O)c1cccc(F)c1)C(=O)N[C@H]1CCc2cccc3c2N(C1=O)[C@H](C(=O)NCC1CNNN1)C3. The van der Waals surface area contributed by atoms with Crippen molar-refractivity contribution >= 4 is 29.3 Å². The molecule has 5 rings (SSSR count). The second kappa shape index (κ2) is 11.7. The average Bonchev–Trinajstić information content (AvgIpc) is 3.57. The molecular weight excluding hydrogens is 517 g/mol. The molecule has 4 atom stereocenters. The standard InChI is InChI=1S/C28H34FN7O4/c1-15(2)23(33-25(37)18-7-4-8-19(29)11-18)27(39)32-21-10-9-16-5-3-6-17-12-22(36(24(16)17)28(21)40)26(38)30-13-20-14-31-35-34-20/h3-8,11,15,20-23,31,34-35H,9-10,12-14H2,1-2H3,(H,30,38)(H,32,39)(H,33,37)/t20?,21-,22-,23-/m0/s1. The van der Waals surface area contributed by atoms with Gasteiger partial charge in [-0.3, -0.25) is 24.1 Å². The number of benzene rings is 2. The monoisotopic (exact) mass is 551 g/mol. The molecule has 0 spiro atoms. The zero-order valence-corrected chi connectivity index (χ0v) is 22.4. The predicted molar refractivity (Wildman–Crippen MR) is 145 cm³/mol. The van der Waals surface area contributed by atoms with E-state index >= 15 is 0 Å². The molecule has 0 aromatic heterocycles. The quantitative estimate of drug-likeness (QED) is 0.273. The van der Waals surface area contributed by atoms with Gasteiger partial charge >= 0.3 is 0 Å². The van der Waals surface area contributed by atoms with E-state index in [1.807, 2.05) is 18.2 Å². The van der Waals surface area contributed by atoms with Crippen molar-refractivity contribution in [1.29, 1.82) is 0 Å². The minimum Gasteiger partial charge on any atom is -0.353 e. The van der Waals surface area contributed by atoms with Gasteiger partial charge in [-0.2, -0.15) is 5.53 Å². The maximum absolute atomic E-state index is 13.9. The molecule has 212 valence electrons. The average molecular weight is 552 g/mol. The molecule has 12 heteroatoms. The molecule has 0 bridgehead atoms. The Kier molecular flexibility index (Phi) is 8.10. The Morgan fingerprint density at radius 2 is 1.90 bits per heavy atom. The zero-order chi connectivity index (χ0) is 28.4. The van der Waals surface area contributed by atoms with Gasteiger partial charge in [0.25, 0.3) is 5.91 Å². The minimum absolute atomic E-state index is 0.00529. The normalized spacial score (nSPS) is 22.4. The third kappa shape index (κ3) is 5.69. The third-order valence-corrected chi connectivity index (χ3v) is 7.58. The summed E-state index contributed by atoms with van der Waals surface area (Å²) in [6.45, 7) is 4.57. The summed E-state index contributed by atoms with van der Waals surface area (Å²) >= 11 is 0. The first kappa shape index (κ1) is 27.7. The fourth-order valence-electron chi connectivity index (χ4n) is 5.47. The summed E-state index contributed by atoms with van der Waals surface area (Å²) in [4.78, 5) is 55.0. The van der Waals surface area contributed by atoms with Gasteiger partial charge in [0.1, 0.15) is 23.9 Å². The number of hydrogen-bond acceptors (Lipinski definition) is 7. The van der Waals surface area contributed by atoms with Crippen LogP contribution in [0.5, 0.6) is 0 Å². The molecule has 4 amide bonds. The van der Waals surface area contributed by atoms with Crippen LogP contribution in [0.15, 0.2) is 42.5 Å². The van der Waals surface area contributed by atoms with Crippen LogP contribution in [0.4, 0.5) is 10.1 Å². The second-order valence-corrected chi connectivity index (χ2v) is 10.8. The van der Waals surface area contributed by atoms with Crippen LogP contribution in [0.1, 0.15) is 41.8 Å². The molecule has 2 aromatic carbocycles. The fourth-order valence-corrected chi connectivity index (χ4v) is 5.47. The van der Waals surface area contributed by atoms with Gasteiger partial charge in [0.15, 0.2) is 0 Å². The van der Waals surface area contributed by atoms with Crippen LogP contribution >= 0.6 is 0 Å². The number of nitrogens with zero attached hydrogens (tertiary/aromatic N) is 1. The lowest BCUT2D eigenvalue weighted by Gasteiger charge is -2.29. The molecule has 6 N–H and O–H groups in total. The lowest BCUT2D eigenvalue weighted by molar-refractivity contribution is -0.130. The number of hydrazine groups is 2. The number of aryl methyl sites for hydroxylation is 1. The van der Waals surface area contributed by atoms with Crippen LogP contribution in [0.25, 0.3) is 0 Å². The highest BCUT2D eigenvalue weighted by Gasteiger charge is 2.44. The van der Waals surface area contributed by atoms with Gasteiger partial charge in [-0.15, -0.1) is 0 Å². The number of para-hydroxylation sites is 1. The lowest BCUT2D eigenvalue weighted by Crippen LogP contribution is -2.58. The van der Waals surface area contributed by atoms with Crippen molar-refractivity contribution in [3.8, 4) is 0 Å². The van der Waals surface area contributed by atoms with Crippen LogP contribution in [-0.4, -0.2) is 60.9 Å². The Labute approximate surface area is 231 Å². The summed E-state index contributed by atoms with van der Waals surface area (Å²) in [6.07, 6.45) is 1.27. The molecule has 0 aliphatic carbocycles. The maximum atomic E-state index is 13.9. The van der Waals surface area contributed by atoms with Crippen LogP contribution in [-0.2, 0) is 27.2 Å². The topological polar surface area (TPSA) is 144 Å².